The molecule has 0 spiro atoms. The maximum absolute atomic E-state index is 12.2. The monoisotopic (exact) mass is 336 g/mol. The van der Waals surface area contributed by atoms with Gasteiger partial charge in [0.05, 0.1) is 10.6 Å². The normalized spacial score (nSPS) is 22.5. The van der Waals surface area contributed by atoms with Crippen LogP contribution in [0.4, 0.5) is 5.69 Å². The van der Waals surface area contributed by atoms with E-state index in [1.54, 1.807) is 0 Å². The lowest BCUT2D eigenvalue weighted by atomic mass is 10.1. The first-order valence-electron chi connectivity index (χ1n) is 7.81. The topological polar surface area (TPSA) is 50.7 Å². The van der Waals surface area contributed by atoms with Crippen molar-refractivity contribution in [3.05, 3.63) is 64.6 Å². The lowest BCUT2D eigenvalue weighted by molar-refractivity contribution is -0.115. The van der Waals surface area contributed by atoms with Crippen LogP contribution in [0, 0.1) is 0 Å². The number of amides is 1. The Morgan fingerprint density at radius 1 is 1.25 bits per heavy atom. The number of benzene rings is 2. The minimum atomic E-state index is -0.111. The Hall–Kier alpha value is -2.53. The van der Waals surface area contributed by atoms with Crippen molar-refractivity contribution in [2.24, 2.45) is 4.99 Å². The van der Waals surface area contributed by atoms with Gasteiger partial charge in [0.15, 0.2) is 5.17 Å². The van der Waals surface area contributed by atoms with Crippen molar-refractivity contribution >= 4 is 34.6 Å². The van der Waals surface area contributed by atoms with Crippen molar-refractivity contribution in [3.63, 3.8) is 0 Å². The first-order valence-corrected chi connectivity index (χ1v) is 8.63. The highest BCUT2D eigenvalue weighted by Crippen LogP contribution is 2.32. The highest BCUT2D eigenvalue weighted by atomic mass is 32.2. The predicted molar refractivity (Wildman–Crippen MR) is 97.5 cm³/mol. The molecule has 0 unspecified atom stereocenters. The van der Waals surface area contributed by atoms with E-state index in [4.69, 9.17) is 4.74 Å². The van der Waals surface area contributed by atoms with E-state index in [2.05, 4.69) is 23.3 Å². The number of carbonyl (C=O) groups is 1. The van der Waals surface area contributed by atoms with Crippen LogP contribution in [0.15, 0.2) is 58.4 Å². The van der Waals surface area contributed by atoms with Crippen LogP contribution in [0.3, 0.4) is 0 Å². The number of carbonyl (C=O) groups excluding carboxylic acids is 1. The number of para-hydroxylation sites is 1. The SMILES string of the molecule is C[C@H]1Cc2cc(/C=C3/SC(=Nc4ccccc4)NC3=O)ccc2O1. The zero-order chi connectivity index (χ0) is 16.5. The van der Waals surface area contributed by atoms with Gasteiger partial charge in [0.25, 0.3) is 5.91 Å². The van der Waals surface area contributed by atoms with Gasteiger partial charge in [-0.15, -0.1) is 0 Å². The fourth-order valence-electron chi connectivity index (χ4n) is 2.78. The van der Waals surface area contributed by atoms with Crippen molar-refractivity contribution < 1.29 is 9.53 Å². The molecule has 4 rings (SSSR count). The molecule has 4 nitrogen and oxygen atoms in total. The lowest BCUT2D eigenvalue weighted by Crippen LogP contribution is -2.19. The van der Waals surface area contributed by atoms with Gasteiger partial charge in [-0.05, 0) is 60.2 Å². The summed E-state index contributed by atoms with van der Waals surface area (Å²) in [5.41, 5.74) is 3.02. The largest absolute Gasteiger partial charge is 0.490 e. The Balaban J connectivity index is 1.57. The minimum Gasteiger partial charge on any atom is -0.490 e. The molecular formula is C19H16N2O2S. The molecule has 2 aliphatic rings. The number of rotatable bonds is 2. The van der Waals surface area contributed by atoms with Gasteiger partial charge in [0.2, 0.25) is 0 Å². The molecule has 1 amide bonds. The molecule has 5 heteroatoms. The minimum absolute atomic E-state index is 0.111. The van der Waals surface area contributed by atoms with Gasteiger partial charge in [-0.2, -0.15) is 0 Å². The molecule has 0 aliphatic carbocycles. The first-order chi connectivity index (χ1) is 11.7. The molecule has 1 N–H and O–H groups in total. The Kier molecular flexibility index (Phi) is 3.86. The predicted octanol–water partition coefficient (Wildman–Crippen LogP) is 3.90. The molecule has 1 fully saturated rings. The van der Waals surface area contributed by atoms with Gasteiger partial charge in [0, 0.05) is 6.42 Å². The summed E-state index contributed by atoms with van der Waals surface area (Å²) >= 11 is 1.36. The molecule has 1 atom stereocenters. The van der Waals surface area contributed by atoms with Crippen LogP contribution in [0.5, 0.6) is 5.75 Å². The number of aliphatic imine (C=N–C) groups is 1. The van der Waals surface area contributed by atoms with Gasteiger partial charge in [-0.25, -0.2) is 4.99 Å². The van der Waals surface area contributed by atoms with E-state index >= 15 is 0 Å². The lowest BCUT2D eigenvalue weighted by Gasteiger charge is -2.02. The number of amidine groups is 1. The number of thioether (sulfide) groups is 1. The van der Waals surface area contributed by atoms with E-state index in [1.165, 1.54) is 17.3 Å². The zero-order valence-corrected chi connectivity index (χ0v) is 14.0. The summed E-state index contributed by atoms with van der Waals surface area (Å²) in [4.78, 5) is 17.3. The van der Waals surface area contributed by atoms with Crippen LogP contribution in [-0.4, -0.2) is 17.2 Å². The Morgan fingerprint density at radius 2 is 2.08 bits per heavy atom. The third-order valence-corrected chi connectivity index (χ3v) is 4.77. The third kappa shape index (κ3) is 3.08. The van der Waals surface area contributed by atoms with Crippen LogP contribution >= 0.6 is 11.8 Å². The average Bonchev–Trinajstić information content (AvgIpc) is 3.10. The molecule has 2 heterocycles. The van der Waals surface area contributed by atoms with Gasteiger partial charge < -0.3 is 10.1 Å². The summed E-state index contributed by atoms with van der Waals surface area (Å²) in [5.74, 6) is 0.833. The number of fused-ring (bicyclic) bond motifs is 1. The molecule has 0 aromatic heterocycles. The second-order valence-corrected chi connectivity index (χ2v) is 6.85. The first kappa shape index (κ1) is 15.0. The molecule has 120 valence electrons. The smallest absolute Gasteiger partial charge is 0.264 e. The van der Waals surface area contributed by atoms with E-state index in [0.29, 0.717) is 10.1 Å². The number of hydrogen-bond donors (Lipinski definition) is 1. The molecule has 2 aromatic rings. The quantitative estimate of drug-likeness (QED) is 0.846. The third-order valence-electron chi connectivity index (χ3n) is 3.86. The fraction of sp³-hybridized carbons (Fsp3) is 0.158. The molecule has 2 aliphatic heterocycles. The van der Waals surface area contributed by atoms with E-state index in [0.717, 1.165) is 23.4 Å². The van der Waals surface area contributed by atoms with Crippen molar-refractivity contribution in [2.45, 2.75) is 19.4 Å². The standard InChI is InChI=1S/C19H16N2O2S/c1-12-9-14-10-13(7-8-16(14)23-12)11-17-18(22)21-19(24-17)20-15-5-3-2-4-6-15/h2-8,10-12H,9H2,1H3,(H,20,21,22)/b17-11+/t12-/m0/s1. The molecule has 2 aromatic carbocycles. The number of nitrogens with one attached hydrogen (secondary N) is 1. The van der Waals surface area contributed by atoms with Crippen LogP contribution in [0.25, 0.3) is 6.08 Å². The maximum atomic E-state index is 12.2. The van der Waals surface area contributed by atoms with E-state index < -0.39 is 0 Å². The molecular weight excluding hydrogens is 320 g/mol. The van der Waals surface area contributed by atoms with Crippen LogP contribution in [0.1, 0.15) is 18.1 Å². The van der Waals surface area contributed by atoms with Crippen molar-refractivity contribution in [1.82, 2.24) is 5.32 Å². The van der Waals surface area contributed by atoms with Gasteiger partial charge in [-0.1, -0.05) is 24.3 Å². The number of ether oxygens (including phenoxy) is 1. The summed E-state index contributed by atoms with van der Waals surface area (Å²) in [6, 6.07) is 15.6. The highest BCUT2D eigenvalue weighted by Gasteiger charge is 2.24. The van der Waals surface area contributed by atoms with Crippen molar-refractivity contribution in [3.8, 4) is 5.75 Å². The van der Waals surface area contributed by atoms with E-state index in [9.17, 15) is 4.79 Å². The Morgan fingerprint density at radius 3 is 2.92 bits per heavy atom. The molecule has 0 radical (unpaired) electrons. The van der Waals surface area contributed by atoms with Crippen molar-refractivity contribution in [1.29, 1.82) is 0 Å². The van der Waals surface area contributed by atoms with Crippen LogP contribution in [-0.2, 0) is 11.2 Å². The molecule has 0 saturated carbocycles. The van der Waals surface area contributed by atoms with Crippen molar-refractivity contribution in [2.75, 3.05) is 0 Å². The van der Waals surface area contributed by atoms with Crippen LogP contribution in [0.2, 0.25) is 0 Å². The van der Waals surface area contributed by atoms with Gasteiger partial charge in [-0.3, -0.25) is 4.79 Å². The Labute approximate surface area is 144 Å². The average molecular weight is 336 g/mol. The van der Waals surface area contributed by atoms with Gasteiger partial charge in [0.1, 0.15) is 11.9 Å². The van der Waals surface area contributed by atoms with Crippen LogP contribution < -0.4 is 10.1 Å². The summed E-state index contributed by atoms with van der Waals surface area (Å²) in [6.45, 7) is 2.06. The summed E-state index contributed by atoms with van der Waals surface area (Å²) in [7, 11) is 0. The summed E-state index contributed by atoms with van der Waals surface area (Å²) < 4.78 is 5.71. The number of nitrogens with zero attached hydrogens (tertiary/aromatic N) is 1. The molecule has 0 bridgehead atoms. The van der Waals surface area contributed by atoms with E-state index in [-0.39, 0.29) is 12.0 Å². The molecule has 24 heavy (non-hydrogen) atoms. The summed E-state index contributed by atoms with van der Waals surface area (Å²) in [6.07, 6.45) is 3.03. The second kappa shape index (κ2) is 6.17. The van der Waals surface area contributed by atoms with E-state index in [1.807, 2.05) is 48.5 Å². The molecule has 1 saturated heterocycles. The highest BCUT2D eigenvalue weighted by molar-refractivity contribution is 8.18. The Bertz CT molecular complexity index is 859. The number of hydrogen-bond acceptors (Lipinski definition) is 4. The zero-order valence-electron chi connectivity index (χ0n) is 13.2. The second-order valence-electron chi connectivity index (χ2n) is 5.82. The van der Waals surface area contributed by atoms with Gasteiger partial charge >= 0.3 is 0 Å². The fourth-order valence-corrected chi connectivity index (χ4v) is 3.63. The maximum Gasteiger partial charge on any atom is 0.264 e. The summed E-state index contributed by atoms with van der Waals surface area (Å²) in [5, 5.41) is 3.42.